The van der Waals surface area contributed by atoms with E-state index >= 15 is 0 Å². The second-order valence-electron chi connectivity index (χ2n) is 4.40. The molecule has 0 aliphatic heterocycles. The highest BCUT2D eigenvalue weighted by Crippen LogP contribution is 2.17. The van der Waals surface area contributed by atoms with E-state index < -0.39 is 0 Å². The van der Waals surface area contributed by atoms with Crippen molar-refractivity contribution in [1.82, 2.24) is 9.78 Å². The number of anilines is 1. The Kier molecular flexibility index (Phi) is 4.94. The number of nitriles is 1. The lowest BCUT2D eigenvalue weighted by Gasteiger charge is -2.06. The van der Waals surface area contributed by atoms with Gasteiger partial charge in [0.05, 0.1) is 12.3 Å². The molecular formula is C15H16N4O2. The van der Waals surface area contributed by atoms with Gasteiger partial charge >= 0.3 is 0 Å². The van der Waals surface area contributed by atoms with Gasteiger partial charge in [-0.1, -0.05) is 0 Å². The van der Waals surface area contributed by atoms with E-state index in [0.29, 0.717) is 18.0 Å². The molecule has 6 nitrogen and oxygen atoms in total. The molecule has 6 heteroatoms. The standard InChI is InChI=1S/C15H16N4O2/c1-2-19-10-12(9-17-19)11-21-14-5-3-13(4-6-14)18-15(20)7-8-16/h3-6,9-10H,2,7,11H2,1H3,(H,18,20). The normalized spacial score (nSPS) is 9.90. The van der Waals surface area contributed by atoms with E-state index in [9.17, 15) is 4.79 Å². The average Bonchev–Trinajstić information content (AvgIpc) is 2.95. The van der Waals surface area contributed by atoms with E-state index in [4.69, 9.17) is 10.00 Å². The highest BCUT2D eigenvalue weighted by Gasteiger charge is 2.02. The quantitative estimate of drug-likeness (QED) is 0.882. The predicted molar refractivity (Wildman–Crippen MR) is 77.5 cm³/mol. The summed E-state index contributed by atoms with van der Waals surface area (Å²) in [6, 6.07) is 8.81. The van der Waals surface area contributed by atoms with Gasteiger partial charge in [-0.3, -0.25) is 9.48 Å². The third-order valence-corrected chi connectivity index (χ3v) is 2.79. The molecule has 0 fully saturated rings. The first kappa shape index (κ1) is 14.6. The zero-order valence-electron chi connectivity index (χ0n) is 11.7. The number of hydrogen-bond donors (Lipinski definition) is 1. The number of carbonyl (C=O) groups is 1. The molecule has 21 heavy (non-hydrogen) atoms. The lowest BCUT2D eigenvalue weighted by molar-refractivity contribution is -0.115. The minimum Gasteiger partial charge on any atom is -0.489 e. The highest BCUT2D eigenvalue weighted by molar-refractivity contribution is 5.92. The number of rotatable bonds is 6. The van der Waals surface area contributed by atoms with Crippen molar-refractivity contribution >= 4 is 11.6 Å². The molecule has 0 atom stereocenters. The molecule has 0 saturated carbocycles. The second kappa shape index (κ2) is 7.10. The van der Waals surface area contributed by atoms with Crippen molar-refractivity contribution in [3.63, 3.8) is 0 Å². The number of hydrogen-bond acceptors (Lipinski definition) is 4. The summed E-state index contributed by atoms with van der Waals surface area (Å²) < 4.78 is 7.48. The average molecular weight is 284 g/mol. The smallest absolute Gasteiger partial charge is 0.238 e. The van der Waals surface area contributed by atoms with E-state index in [1.54, 1.807) is 36.5 Å². The molecule has 1 amide bonds. The van der Waals surface area contributed by atoms with Crippen LogP contribution in [0.3, 0.4) is 0 Å². The summed E-state index contributed by atoms with van der Waals surface area (Å²) in [5.41, 5.74) is 1.64. The van der Waals surface area contributed by atoms with Crippen LogP contribution in [-0.2, 0) is 17.9 Å². The van der Waals surface area contributed by atoms with Crippen LogP contribution in [0, 0.1) is 11.3 Å². The Hall–Kier alpha value is -2.81. The Morgan fingerprint density at radius 2 is 2.19 bits per heavy atom. The molecule has 0 aliphatic rings. The zero-order valence-corrected chi connectivity index (χ0v) is 11.7. The summed E-state index contributed by atoms with van der Waals surface area (Å²) >= 11 is 0. The molecule has 0 spiro atoms. The van der Waals surface area contributed by atoms with Crippen LogP contribution in [0.5, 0.6) is 5.75 Å². The van der Waals surface area contributed by atoms with Crippen molar-refractivity contribution in [3.05, 3.63) is 42.2 Å². The summed E-state index contributed by atoms with van der Waals surface area (Å²) in [5.74, 6) is 0.385. The molecule has 0 saturated heterocycles. The van der Waals surface area contributed by atoms with Gasteiger partial charge in [-0.2, -0.15) is 10.4 Å². The van der Waals surface area contributed by atoms with Crippen molar-refractivity contribution in [3.8, 4) is 11.8 Å². The maximum Gasteiger partial charge on any atom is 0.238 e. The summed E-state index contributed by atoms with van der Waals surface area (Å²) in [7, 11) is 0. The number of aryl methyl sites for hydroxylation is 1. The molecule has 0 unspecified atom stereocenters. The maximum atomic E-state index is 11.3. The minimum absolute atomic E-state index is 0.153. The van der Waals surface area contributed by atoms with E-state index in [1.165, 1.54) is 0 Å². The fraction of sp³-hybridized carbons (Fsp3) is 0.267. The van der Waals surface area contributed by atoms with Crippen LogP contribution in [0.4, 0.5) is 5.69 Å². The number of nitrogens with zero attached hydrogens (tertiary/aromatic N) is 3. The topological polar surface area (TPSA) is 79.9 Å². The van der Waals surface area contributed by atoms with Gasteiger partial charge in [0.2, 0.25) is 5.91 Å². The summed E-state index contributed by atoms with van der Waals surface area (Å²) in [6.45, 7) is 3.30. The van der Waals surface area contributed by atoms with Gasteiger partial charge < -0.3 is 10.1 Å². The summed E-state index contributed by atoms with van der Waals surface area (Å²) in [4.78, 5) is 11.3. The lowest BCUT2D eigenvalue weighted by atomic mass is 10.3. The maximum absolute atomic E-state index is 11.3. The molecule has 0 bridgehead atoms. The summed E-state index contributed by atoms with van der Waals surface area (Å²) in [6.07, 6.45) is 3.57. The molecule has 0 radical (unpaired) electrons. The first-order valence-corrected chi connectivity index (χ1v) is 6.62. The predicted octanol–water partition coefficient (Wildman–Crippen LogP) is 2.33. The highest BCUT2D eigenvalue weighted by atomic mass is 16.5. The van der Waals surface area contributed by atoms with Gasteiger partial charge in [0.25, 0.3) is 0 Å². The van der Waals surface area contributed by atoms with E-state index in [0.717, 1.165) is 12.1 Å². The molecule has 1 N–H and O–H groups in total. The van der Waals surface area contributed by atoms with Crippen molar-refractivity contribution < 1.29 is 9.53 Å². The number of amides is 1. The van der Waals surface area contributed by atoms with Crippen molar-refractivity contribution in [2.45, 2.75) is 26.5 Å². The number of carbonyl (C=O) groups excluding carboxylic acids is 1. The monoisotopic (exact) mass is 284 g/mol. The van der Waals surface area contributed by atoms with Crippen LogP contribution >= 0.6 is 0 Å². The third kappa shape index (κ3) is 4.35. The first-order valence-electron chi connectivity index (χ1n) is 6.62. The Bertz CT molecular complexity index is 640. The van der Waals surface area contributed by atoms with Crippen LogP contribution in [0.2, 0.25) is 0 Å². The second-order valence-corrected chi connectivity index (χ2v) is 4.40. The molecule has 1 aromatic carbocycles. The fourth-order valence-electron chi connectivity index (χ4n) is 1.73. The zero-order chi connectivity index (χ0) is 15.1. The van der Waals surface area contributed by atoms with Crippen molar-refractivity contribution in [2.24, 2.45) is 0 Å². The number of ether oxygens (including phenoxy) is 1. The summed E-state index contributed by atoms with van der Waals surface area (Å²) in [5, 5.41) is 15.2. The van der Waals surface area contributed by atoms with Gasteiger partial charge in [-0.15, -0.1) is 0 Å². The SMILES string of the molecule is CCn1cc(COc2ccc(NC(=O)CC#N)cc2)cn1. The largest absolute Gasteiger partial charge is 0.489 e. The fourth-order valence-corrected chi connectivity index (χ4v) is 1.73. The first-order chi connectivity index (χ1) is 10.2. The Morgan fingerprint density at radius 1 is 1.43 bits per heavy atom. The Morgan fingerprint density at radius 3 is 2.81 bits per heavy atom. The van der Waals surface area contributed by atoms with Gasteiger partial charge in [-0.25, -0.2) is 0 Å². The van der Waals surface area contributed by atoms with Crippen LogP contribution in [0.15, 0.2) is 36.7 Å². The Balaban J connectivity index is 1.87. The van der Waals surface area contributed by atoms with Crippen molar-refractivity contribution in [1.29, 1.82) is 5.26 Å². The van der Waals surface area contributed by atoms with Crippen LogP contribution in [-0.4, -0.2) is 15.7 Å². The molecule has 108 valence electrons. The van der Waals surface area contributed by atoms with Gasteiger partial charge in [0.15, 0.2) is 0 Å². The Labute approximate surface area is 123 Å². The molecule has 2 rings (SSSR count). The van der Waals surface area contributed by atoms with Crippen molar-refractivity contribution in [2.75, 3.05) is 5.32 Å². The number of aromatic nitrogens is 2. The van der Waals surface area contributed by atoms with E-state index in [1.807, 2.05) is 17.8 Å². The number of nitrogens with one attached hydrogen (secondary N) is 1. The minimum atomic E-state index is -0.321. The van der Waals surface area contributed by atoms with E-state index in [2.05, 4.69) is 10.4 Å². The molecule has 0 aliphatic carbocycles. The molecule has 2 aromatic rings. The molecule has 1 aromatic heterocycles. The van der Waals surface area contributed by atoms with Crippen LogP contribution in [0.25, 0.3) is 0 Å². The molecular weight excluding hydrogens is 268 g/mol. The van der Waals surface area contributed by atoms with Crippen LogP contribution < -0.4 is 10.1 Å². The third-order valence-electron chi connectivity index (χ3n) is 2.79. The lowest BCUT2D eigenvalue weighted by Crippen LogP contribution is -2.09. The van der Waals surface area contributed by atoms with E-state index in [-0.39, 0.29) is 12.3 Å². The number of benzene rings is 1. The van der Waals surface area contributed by atoms with Gasteiger partial charge in [-0.05, 0) is 31.2 Å². The molecule has 1 heterocycles. The van der Waals surface area contributed by atoms with Gasteiger partial charge in [0.1, 0.15) is 18.8 Å². The van der Waals surface area contributed by atoms with Gasteiger partial charge in [0, 0.05) is 24.0 Å². The van der Waals surface area contributed by atoms with Crippen LogP contribution in [0.1, 0.15) is 18.9 Å².